The van der Waals surface area contributed by atoms with Crippen molar-refractivity contribution in [3.63, 3.8) is 0 Å². The lowest BCUT2D eigenvalue weighted by Gasteiger charge is -2.05. The van der Waals surface area contributed by atoms with E-state index < -0.39 is 11.7 Å². The quantitative estimate of drug-likeness (QED) is 0.656. The molecule has 0 bridgehead atoms. The molecule has 0 saturated heterocycles. The average Bonchev–Trinajstić information content (AvgIpc) is 2.79. The number of aromatic amines is 1. The molecular formula is C15H10ClF3N2. The van der Waals surface area contributed by atoms with Crippen LogP contribution in [0.4, 0.5) is 13.2 Å². The summed E-state index contributed by atoms with van der Waals surface area (Å²) in [4.78, 5) is 7.26. The second kappa shape index (κ2) is 4.77. The minimum atomic E-state index is -4.37. The number of alkyl halides is 3. The van der Waals surface area contributed by atoms with Crippen LogP contribution in [0.5, 0.6) is 0 Å². The monoisotopic (exact) mass is 310 g/mol. The van der Waals surface area contributed by atoms with Crippen LogP contribution in [0.15, 0.2) is 36.4 Å². The number of halogens is 4. The van der Waals surface area contributed by atoms with Gasteiger partial charge in [-0.05, 0) is 48.9 Å². The predicted octanol–water partition coefficient (Wildman–Crippen LogP) is 5.21. The van der Waals surface area contributed by atoms with E-state index in [1.807, 2.05) is 6.92 Å². The number of imidazole rings is 1. The molecule has 2 aromatic carbocycles. The second-order valence-corrected chi connectivity index (χ2v) is 5.21. The third kappa shape index (κ3) is 2.61. The number of hydrogen-bond acceptors (Lipinski definition) is 1. The Kier molecular flexibility index (Phi) is 3.17. The van der Waals surface area contributed by atoms with E-state index >= 15 is 0 Å². The van der Waals surface area contributed by atoms with E-state index in [9.17, 15) is 13.2 Å². The van der Waals surface area contributed by atoms with Crippen molar-refractivity contribution in [2.45, 2.75) is 13.1 Å². The number of nitrogens with one attached hydrogen (secondary N) is 1. The van der Waals surface area contributed by atoms with E-state index in [0.717, 1.165) is 23.3 Å². The normalized spacial score (nSPS) is 12.0. The van der Waals surface area contributed by atoms with Gasteiger partial charge in [-0.15, -0.1) is 0 Å². The van der Waals surface area contributed by atoms with E-state index in [4.69, 9.17) is 11.6 Å². The van der Waals surface area contributed by atoms with Crippen molar-refractivity contribution in [3.05, 3.63) is 52.5 Å². The summed E-state index contributed by atoms with van der Waals surface area (Å²) < 4.78 is 38.1. The van der Waals surface area contributed by atoms with Crippen molar-refractivity contribution in [2.75, 3.05) is 0 Å². The molecule has 0 aliphatic carbocycles. The smallest absolute Gasteiger partial charge is 0.338 e. The third-order valence-electron chi connectivity index (χ3n) is 3.25. The standard InChI is InChI=1S/C15H10ClF3N2/c1-8-6-10(16)3-4-11(8)14-20-12-5-2-9(15(17,18)19)7-13(12)21-14/h2-7H,1H3,(H,20,21). The van der Waals surface area contributed by atoms with Gasteiger partial charge in [0.05, 0.1) is 16.6 Å². The molecular weight excluding hydrogens is 301 g/mol. The van der Waals surface area contributed by atoms with Gasteiger partial charge in [-0.25, -0.2) is 4.98 Å². The first-order valence-electron chi connectivity index (χ1n) is 6.18. The summed E-state index contributed by atoms with van der Waals surface area (Å²) >= 11 is 5.90. The van der Waals surface area contributed by atoms with Crippen LogP contribution in [0.3, 0.4) is 0 Å². The molecule has 0 aliphatic heterocycles. The first-order chi connectivity index (χ1) is 9.84. The zero-order valence-electron chi connectivity index (χ0n) is 10.9. The maximum Gasteiger partial charge on any atom is 0.416 e. The van der Waals surface area contributed by atoms with Gasteiger partial charge in [-0.2, -0.15) is 13.2 Å². The fourth-order valence-electron chi connectivity index (χ4n) is 2.21. The molecule has 1 aromatic heterocycles. The minimum Gasteiger partial charge on any atom is -0.338 e. The Morgan fingerprint density at radius 3 is 2.52 bits per heavy atom. The molecule has 2 nitrogen and oxygen atoms in total. The number of nitrogens with zero attached hydrogens (tertiary/aromatic N) is 1. The number of aromatic nitrogens is 2. The van der Waals surface area contributed by atoms with Gasteiger partial charge in [0.1, 0.15) is 5.82 Å². The molecule has 21 heavy (non-hydrogen) atoms. The van der Waals surface area contributed by atoms with E-state index in [-0.39, 0.29) is 0 Å². The highest BCUT2D eigenvalue weighted by atomic mass is 35.5. The molecule has 3 aromatic rings. The van der Waals surface area contributed by atoms with Gasteiger partial charge in [-0.3, -0.25) is 0 Å². The maximum atomic E-state index is 12.7. The van der Waals surface area contributed by atoms with Crippen molar-refractivity contribution in [2.24, 2.45) is 0 Å². The van der Waals surface area contributed by atoms with Crippen molar-refractivity contribution in [1.29, 1.82) is 0 Å². The molecule has 3 rings (SSSR count). The Morgan fingerprint density at radius 2 is 1.86 bits per heavy atom. The van der Waals surface area contributed by atoms with Crippen LogP contribution in [0.1, 0.15) is 11.1 Å². The molecule has 0 unspecified atom stereocenters. The van der Waals surface area contributed by atoms with Gasteiger partial charge < -0.3 is 4.98 Å². The zero-order valence-corrected chi connectivity index (χ0v) is 11.7. The minimum absolute atomic E-state index is 0.356. The molecule has 108 valence electrons. The number of fused-ring (bicyclic) bond motifs is 1. The number of hydrogen-bond donors (Lipinski definition) is 1. The summed E-state index contributed by atoms with van der Waals surface area (Å²) in [5, 5.41) is 0.603. The van der Waals surface area contributed by atoms with Crippen LogP contribution >= 0.6 is 11.6 Å². The molecule has 6 heteroatoms. The molecule has 1 heterocycles. The van der Waals surface area contributed by atoms with Gasteiger partial charge in [0.25, 0.3) is 0 Å². The highest BCUT2D eigenvalue weighted by Gasteiger charge is 2.30. The largest absolute Gasteiger partial charge is 0.416 e. The second-order valence-electron chi connectivity index (χ2n) is 4.77. The first kappa shape index (κ1) is 13.9. The summed E-state index contributed by atoms with van der Waals surface area (Å²) in [7, 11) is 0. The summed E-state index contributed by atoms with van der Waals surface area (Å²) in [5.74, 6) is 0.526. The summed E-state index contributed by atoms with van der Waals surface area (Å²) in [6.07, 6.45) is -4.37. The van der Waals surface area contributed by atoms with Gasteiger partial charge >= 0.3 is 6.18 Å². The summed E-state index contributed by atoms with van der Waals surface area (Å²) in [6, 6.07) is 8.76. The van der Waals surface area contributed by atoms with E-state index in [1.54, 1.807) is 18.2 Å². The number of rotatable bonds is 1. The predicted molar refractivity (Wildman–Crippen MR) is 76.3 cm³/mol. The van der Waals surface area contributed by atoms with E-state index in [2.05, 4.69) is 9.97 Å². The van der Waals surface area contributed by atoms with Crippen LogP contribution < -0.4 is 0 Å². The van der Waals surface area contributed by atoms with Crippen molar-refractivity contribution in [1.82, 2.24) is 9.97 Å². The average molecular weight is 311 g/mol. The zero-order chi connectivity index (χ0) is 15.2. The van der Waals surface area contributed by atoms with E-state index in [1.165, 1.54) is 6.07 Å². The van der Waals surface area contributed by atoms with Crippen molar-refractivity contribution >= 4 is 22.6 Å². The molecule has 0 aliphatic rings. The van der Waals surface area contributed by atoms with E-state index in [0.29, 0.717) is 21.9 Å². The molecule has 0 amide bonds. The lowest BCUT2D eigenvalue weighted by Crippen LogP contribution is -2.04. The Labute approximate surface area is 123 Å². The molecule has 1 N–H and O–H groups in total. The van der Waals surface area contributed by atoms with Crippen LogP contribution in [0, 0.1) is 6.92 Å². The molecule has 0 atom stereocenters. The third-order valence-corrected chi connectivity index (χ3v) is 3.49. The van der Waals surface area contributed by atoms with Crippen LogP contribution in [-0.2, 0) is 6.18 Å². The van der Waals surface area contributed by atoms with Crippen molar-refractivity contribution < 1.29 is 13.2 Å². The maximum absolute atomic E-state index is 12.7. The molecule has 0 radical (unpaired) electrons. The molecule has 0 fully saturated rings. The lowest BCUT2D eigenvalue weighted by atomic mass is 10.1. The fraction of sp³-hybridized carbons (Fsp3) is 0.133. The van der Waals surface area contributed by atoms with Gasteiger partial charge in [0.2, 0.25) is 0 Å². The number of aryl methyl sites for hydroxylation is 1. The van der Waals surface area contributed by atoms with Crippen molar-refractivity contribution in [3.8, 4) is 11.4 Å². The Balaban J connectivity index is 2.13. The first-order valence-corrected chi connectivity index (χ1v) is 6.56. The SMILES string of the molecule is Cc1cc(Cl)ccc1-c1nc2ccc(C(F)(F)F)cc2[nH]1. The number of H-pyrrole nitrogens is 1. The molecule has 0 spiro atoms. The molecule has 0 saturated carbocycles. The summed E-state index contributed by atoms with van der Waals surface area (Å²) in [6.45, 7) is 1.87. The topological polar surface area (TPSA) is 28.7 Å². The highest BCUT2D eigenvalue weighted by molar-refractivity contribution is 6.30. The Bertz CT molecular complexity index is 821. The number of benzene rings is 2. The van der Waals surface area contributed by atoms with Gasteiger partial charge in [-0.1, -0.05) is 11.6 Å². The van der Waals surface area contributed by atoms with Gasteiger partial charge in [0.15, 0.2) is 0 Å². The highest BCUT2D eigenvalue weighted by Crippen LogP contribution is 2.32. The van der Waals surface area contributed by atoms with Gasteiger partial charge in [0, 0.05) is 10.6 Å². The fourth-order valence-corrected chi connectivity index (χ4v) is 2.43. The van der Waals surface area contributed by atoms with Crippen LogP contribution in [0.25, 0.3) is 22.4 Å². The summed E-state index contributed by atoms with van der Waals surface area (Å²) in [5.41, 5.74) is 1.86. The lowest BCUT2D eigenvalue weighted by molar-refractivity contribution is -0.137. The Morgan fingerprint density at radius 1 is 1.10 bits per heavy atom. The Hall–Kier alpha value is -2.01. The van der Waals surface area contributed by atoms with Crippen LogP contribution in [-0.4, -0.2) is 9.97 Å². The van der Waals surface area contributed by atoms with Crippen LogP contribution in [0.2, 0.25) is 5.02 Å².